The van der Waals surface area contributed by atoms with Gasteiger partial charge in [-0.2, -0.15) is 0 Å². The molecule has 0 aromatic heterocycles. The number of likely N-dealkylation sites (tertiary alicyclic amines) is 1. The van der Waals surface area contributed by atoms with E-state index in [1.54, 1.807) is 13.2 Å². The van der Waals surface area contributed by atoms with Gasteiger partial charge >= 0.3 is 0 Å². The average molecular weight is 384 g/mol. The maximum Gasteiger partial charge on any atom is 0.223 e. The van der Waals surface area contributed by atoms with Gasteiger partial charge in [-0.3, -0.25) is 9.69 Å². The summed E-state index contributed by atoms with van der Waals surface area (Å²) in [6.45, 7) is 3.86. The first-order valence-electron chi connectivity index (χ1n) is 10.0. The molecule has 1 heterocycles. The van der Waals surface area contributed by atoms with E-state index in [4.69, 9.17) is 4.74 Å². The van der Waals surface area contributed by atoms with E-state index in [2.05, 4.69) is 16.3 Å². The van der Waals surface area contributed by atoms with E-state index < -0.39 is 0 Å². The molecule has 0 radical (unpaired) electrons. The van der Waals surface area contributed by atoms with Gasteiger partial charge in [-0.15, -0.1) is 0 Å². The van der Waals surface area contributed by atoms with Gasteiger partial charge in [-0.25, -0.2) is 4.39 Å². The second-order valence-electron chi connectivity index (χ2n) is 7.32. The largest absolute Gasteiger partial charge is 0.385 e. The zero-order chi connectivity index (χ0) is 19.8. The van der Waals surface area contributed by atoms with Crippen LogP contribution >= 0.6 is 0 Å². The fourth-order valence-corrected chi connectivity index (χ4v) is 3.77. The standard InChI is InChI=1S/C23H29FN2O2/c1-28-16-6-13-25-23(27)18-11-14-26(15-12-18)17-19-7-2-3-8-20(19)21-9-4-5-10-22(21)24/h2-5,7-10,18H,6,11-17H2,1H3,(H,25,27). The van der Waals surface area contributed by atoms with Crippen molar-refractivity contribution in [1.82, 2.24) is 10.2 Å². The van der Waals surface area contributed by atoms with Crippen molar-refractivity contribution in [2.75, 3.05) is 33.4 Å². The summed E-state index contributed by atoms with van der Waals surface area (Å²) in [6.07, 6.45) is 2.56. The van der Waals surface area contributed by atoms with Crippen LogP contribution in [-0.2, 0) is 16.1 Å². The van der Waals surface area contributed by atoms with Crippen LogP contribution in [0, 0.1) is 11.7 Å². The Balaban J connectivity index is 1.56. The number of carbonyl (C=O) groups is 1. The number of halogens is 1. The second-order valence-corrected chi connectivity index (χ2v) is 7.32. The molecule has 0 spiro atoms. The van der Waals surface area contributed by atoms with Gasteiger partial charge in [0, 0.05) is 38.3 Å². The summed E-state index contributed by atoms with van der Waals surface area (Å²) in [5.74, 6) is 0.0434. The molecule has 1 fully saturated rings. The Morgan fingerprint density at radius 1 is 1.11 bits per heavy atom. The highest BCUT2D eigenvalue weighted by atomic mass is 19.1. The van der Waals surface area contributed by atoms with Gasteiger partial charge in [0.2, 0.25) is 5.91 Å². The van der Waals surface area contributed by atoms with Gasteiger partial charge in [-0.1, -0.05) is 42.5 Å². The molecule has 1 N–H and O–H groups in total. The number of hydrogen-bond donors (Lipinski definition) is 1. The third-order valence-electron chi connectivity index (χ3n) is 5.36. The lowest BCUT2D eigenvalue weighted by molar-refractivity contribution is -0.126. The van der Waals surface area contributed by atoms with E-state index in [1.165, 1.54) is 6.07 Å². The minimum Gasteiger partial charge on any atom is -0.385 e. The van der Waals surface area contributed by atoms with Crippen molar-refractivity contribution < 1.29 is 13.9 Å². The lowest BCUT2D eigenvalue weighted by Gasteiger charge is -2.31. The summed E-state index contributed by atoms with van der Waals surface area (Å²) in [5.41, 5.74) is 2.71. The summed E-state index contributed by atoms with van der Waals surface area (Å²) in [6, 6.07) is 14.9. The van der Waals surface area contributed by atoms with Crippen LogP contribution in [-0.4, -0.2) is 44.2 Å². The molecule has 1 aliphatic rings. The fraction of sp³-hybridized carbons (Fsp3) is 0.435. The first kappa shape index (κ1) is 20.5. The molecule has 1 saturated heterocycles. The fourth-order valence-electron chi connectivity index (χ4n) is 3.77. The first-order valence-corrected chi connectivity index (χ1v) is 10.0. The van der Waals surface area contributed by atoms with Gasteiger partial charge in [-0.05, 0) is 49.5 Å². The van der Waals surface area contributed by atoms with Gasteiger partial charge < -0.3 is 10.1 Å². The summed E-state index contributed by atoms with van der Waals surface area (Å²) < 4.78 is 19.3. The third-order valence-corrected chi connectivity index (χ3v) is 5.36. The van der Waals surface area contributed by atoms with Crippen LogP contribution in [0.5, 0.6) is 0 Å². The van der Waals surface area contributed by atoms with Crippen molar-refractivity contribution >= 4 is 5.91 Å². The highest BCUT2D eigenvalue weighted by Gasteiger charge is 2.25. The van der Waals surface area contributed by atoms with Crippen molar-refractivity contribution in [3.05, 3.63) is 59.9 Å². The van der Waals surface area contributed by atoms with Crippen molar-refractivity contribution in [3.8, 4) is 11.1 Å². The topological polar surface area (TPSA) is 41.6 Å². The molecule has 2 aromatic rings. The number of nitrogens with one attached hydrogen (secondary N) is 1. The smallest absolute Gasteiger partial charge is 0.223 e. The van der Waals surface area contributed by atoms with E-state index in [0.717, 1.165) is 50.0 Å². The van der Waals surface area contributed by atoms with Crippen LogP contribution in [0.25, 0.3) is 11.1 Å². The molecule has 1 amide bonds. The first-order chi connectivity index (χ1) is 13.7. The Morgan fingerprint density at radius 2 is 1.79 bits per heavy atom. The van der Waals surface area contributed by atoms with Crippen LogP contribution in [0.2, 0.25) is 0 Å². The molecule has 28 heavy (non-hydrogen) atoms. The van der Waals surface area contributed by atoms with E-state index >= 15 is 0 Å². The highest BCUT2D eigenvalue weighted by molar-refractivity contribution is 5.78. The summed E-state index contributed by atoms with van der Waals surface area (Å²) in [7, 11) is 1.67. The Morgan fingerprint density at radius 3 is 2.50 bits per heavy atom. The molecular formula is C23H29FN2O2. The lowest BCUT2D eigenvalue weighted by atomic mass is 9.94. The third kappa shape index (κ3) is 5.40. The molecule has 0 saturated carbocycles. The number of nitrogens with zero attached hydrogens (tertiary/aromatic N) is 1. The van der Waals surface area contributed by atoms with Crippen molar-refractivity contribution in [2.24, 2.45) is 5.92 Å². The minimum absolute atomic E-state index is 0.0839. The van der Waals surface area contributed by atoms with Crippen molar-refractivity contribution in [1.29, 1.82) is 0 Å². The molecule has 4 nitrogen and oxygen atoms in total. The normalized spacial score (nSPS) is 15.5. The zero-order valence-electron chi connectivity index (χ0n) is 16.5. The Kier molecular flexibility index (Phi) is 7.57. The maximum atomic E-state index is 14.3. The molecule has 0 unspecified atom stereocenters. The number of amides is 1. The zero-order valence-corrected chi connectivity index (χ0v) is 16.5. The van der Waals surface area contributed by atoms with Crippen LogP contribution in [0.4, 0.5) is 4.39 Å². The number of methoxy groups -OCH3 is 1. The summed E-state index contributed by atoms with van der Waals surface area (Å²) in [4.78, 5) is 14.6. The monoisotopic (exact) mass is 384 g/mol. The van der Waals surface area contributed by atoms with Crippen LogP contribution in [0.3, 0.4) is 0 Å². The predicted octanol–water partition coefficient (Wildman–Crippen LogP) is 3.86. The molecule has 0 aliphatic carbocycles. The molecule has 2 aromatic carbocycles. The Labute approximate surface area is 166 Å². The number of piperidine rings is 1. The lowest BCUT2D eigenvalue weighted by Crippen LogP contribution is -2.40. The van der Waals surface area contributed by atoms with E-state index in [1.807, 2.05) is 30.3 Å². The average Bonchev–Trinajstić information content (AvgIpc) is 2.73. The van der Waals surface area contributed by atoms with Crippen molar-refractivity contribution in [3.63, 3.8) is 0 Å². The molecule has 0 atom stereocenters. The van der Waals surface area contributed by atoms with Gasteiger partial charge in [0.05, 0.1) is 0 Å². The Bertz CT molecular complexity index is 773. The molecule has 1 aliphatic heterocycles. The summed E-state index contributed by atoms with van der Waals surface area (Å²) >= 11 is 0. The van der Waals surface area contributed by atoms with Gasteiger partial charge in [0.25, 0.3) is 0 Å². The number of rotatable bonds is 8. The summed E-state index contributed by atoms with van der Waals surface area (Å²) in [5, 5.41) is 3.01. The molecule has 150 valence electrons. The predicted molar refractivity (Wildman–Crippen MR) is 109 cm³/mol. The molecule has 5 heteroatoms. The van der Waals surface area contributed by atoms with Crippen molar-refractivity contribution in [2.45, 2.75) is 25.8 Å². The second kappa shape index (κ2) is 10.3. The number of benzene rings is 2. The minimum atomic E-state index is -0.196. The molecule has 0 bridgehead atoms. The van der Waals surface area contributed by atoms with Crippen LogP contribution in [0.15, 0.2) is 48.5 Å². The SMILES string of the molecule is COCCCNC(=O)C1CCN(Cc2ccccc2-c2ccccc2F)CC1. The van der Waals surface area contributed by atoms with Gasteiger partial charge in [0.1, 0.15) is 5.82 Å². The molecule has 3 rings (SSSR count). The van der Waals surface area contributed by atoms with E-state index in [0.29, 0.717) is 18.7 Å². The Hall–Kier alpha value is -2.24. The van der Waals surface area contributed by atoms with Gasteiger partial charge in [0.15, 0.2) is 0 Å². The number of hydrogen-bond acceptors (Lipinski definition) is 3. The van der Waals surface area contributed by atoms with Crippen LogP contribution < -0.4 is 5.32 Å². The number of ether oxygens (including phenoxy) is 1. The van der Waals surface area contributed by atoms with E-state index in [9.17, 15) is 9.18 Å². The van der Waals surface area contributed by atoms with Crippen LogP contribution in [0.1, 0.15) is 24.8 Å². The molecular weight excluding hydrogens is 355 g/mol. The van der Waals surface area contributed by atoms with E-state index in [-0.39, 0.29) is 17.6 Å². The number of carbonyl (C=O) groups excluding carboxylic acids is 1. The quantitative estimate of drug-likeness (QED) is 0.703. The maximum absolute atomic E-state index is 14.3. The highest BCUT2D eigenvalue weighted by Crippen LogP contribution is 2.28.